The van der Waals surface area contributed by atoms with E-state index in [1.54, 1.807) is 41.3 Å². The van der Waals surface area contributed by atoms with Crippen LogP contribution >= 0.6 is 0 Å². The minimum absolute atomic E-state index is 0.248. The number of amides is 1. The summed E-state index contributed by atoms with van der Waals surface area (Å²) in [5.41, 5.74) is -0.139. The number of nitrogens with zero attached hydrogens (tertiary/aromatic N) is 1. The Morgan fingerprint density at radius 3 is 2.48 bits per heavy atom. The number of quaternary nitrogens is 1. The van der Waals surface area contributed by atoms with Crippen LogP contribution < -0.4 is 9.80 Å². The van der Waals surface area contributed by atoms with Crippen LogP contribution in [0.5, 0.6) is 0 Å². The van der Waals surface area contributed by atoms with Gasteiger partial charge in [0.2, 0.25) is 0 Å². The van der Waals surface area contributed by atoms with Gasteiger partial charge in [-0.1, -0.05) is 48.5 Å². The normalized spacial score (nSPS) is 22.7. The number of nitrogens with one attached hydrogen (secondary N) is 1. The molecule has 6 nitrogen and oxygen atoms in total. The number of carbonyl (C=O) groups excluding carboxylic acids is 2. The van der Waals surface area contributed by atoms with Crippen LogP contribution in [0.1, 0.15) is 22.3 Å². The van der Waals surface area contributed by atoms with E-state index < -0.39 is 11.5 Å². The molecule has 4 rings (SSSR count). The Labute approximate surface area is 158 Å². The average Bonchev–Trinajstić information content (AvgIpc) is 2.92. The summed E-state index contributed by atoms with van der Waals surface area (Å²) < 4.78 is 5.38. The molecule has 0 radical (unpaired) electrons. The number of para-hydroxylation sites is 1. The molecule has 2 aromatic carbocycles. The Bertz CT molecular complexity index is 848. The van der Waals surface area contributed by atoms with E-state index in [4.69, 9.17) is 4.74 Å². The highest BCUT2D eigenvalue weighted by Crippen LogP contribution is 2.42. The summed E-state index contributed by atoms with van der Waals surface area (Å²) in [5.74, 6) is -0.672. The van der Waals surface area contributed by atoms with Gasteiger partial charge in [-0.25, -0.2) is 0 Å². The molecular weight excluding hydrogens is 344 g/mol. The SMILES string of the molecule is O=C(C[C@@]1(O)C(=O)N(C[NH+]2CCOCC2)c2ccccc21)c1ccccc1. The molecule has 2 aliphatic heterocycles. The largest absolute Gasteiger partial charge is 0.375 e. The number of Topliss-reactive ketones (excluding diaryl/α,β-unsaturated/α-hetero) is 1. The molecule has 1 atom stereocenters. The van der Waals surface area contributed by atoms with Crippen molar-refractivity contribution in [3.8, 4) is 0 Å². The number of ether oxygens (including phenoxy) is 1. The molecule has 2 heterocycles. The maximum Gasteiger partial charge on any atom is 0.268 e. The number of benzene rings is 2. The average molecular weight is 367 g/mol. The summed E-state index contributed by atoms with van der Waals surface area (Å²) in [4.78, 5) is 28.8. The van der Waals surface area contributed by atoms with E-state index in [0.717, 1.165) is 13.1 Å². The third kappa shape index (κ3) is 3.27. The molecule has 0 bridgehead atoms. The Kier molecular flexibility index (Phi) is 4.78. The zero-order valence-electron chi connectivity index (χ0n) is 15.1. The summed E-state index contributed by atoms with van der Waals surface area (Å²) in [6, 6.07) is 16.0. The number of morpholine rings is 1. The van der Waals surface area contributed by atoms with Crippen molar-refractivity contribution in [2.75, 3.05) is 37.9 Å². The van der Waals surface area contributed by atoms with Gasteiger partial charge in [0.1, 0.15) is 13.1 Å². The second kappa shape index (κ2) is 7.23. The first-order chi connectivity index (χ1) is 13.1. The van der Waals surface area contributed by atoms with Crippen molar-refractivity contribution >= 4 is 17.4 Å². The van der Waals surface area contributed by atoms with Crippen LogP contribution in [0.4, 0.5) is 5.69 Å². The quantitative estimate of drug-likeness (QED) is 0.749. The number of rotatable bonds is 5. The maximum absolute atomic E-state index is 13.2. The van der Waals surface area contributed by atoms with Crippen molar-refractivity contribution in [3.05, 3.63) is 65.7 Å². The highest BCUT2D eigenvalue weighted by molar-refractivity contribution is 6.10. The first kappa shape index (κ1) is 17.9. The molecule has 0 aliphatic carbocycles. The van der Waals surface area contributed by atoms with E-state index in [9.17, 15) is 14.7 Å². The van der Waals surface area contributed by atoms with Crippen molar-refractivity contribution < 1.29 is 24.3 Å². The molecule has 1 saturated heterocycles. The van der Waals surface area contributed by atoms with E-state index in [-0.39, 0.29) is 12.2 Å². The van der Waals surface area contributed by atoms with Crippen LogP contribution in [0.3, 0.4) is 0 Å². The van der Waals surface area contributed by atoms with Crippen LogP contribution in [0, 0.1) is 0 Å². The van der Waals surface area contributed by atoms with Gasteiger partial charge in [0.25, 0.3) is 5.91 Å². The highest BCUT2D eigenvalue weighted by atomic mass is 16.5. The third-order valence-electron chi connectivity index (χ3n) is 5.33. The molecule has 2 N–H and O–H groups in total. The Morgan fingerprint density at radius 1 is 1.07 bits per heavy atom. The second-order valence-electron chi connectivity index (χ2n) is 7.10. The molecule has 0 spiro atoms. The number of hydrogen-bond donors (Lipinski definition) is 2. The number of carbonyl (C=O) groups is 2. The van der Waals surface area contributed by atoms with E-state index in [0.29, 0.717) is 36.7 Å². The summed E-state index contributed by atoms with van der Waals surface area (Å²) >= 11 is 0. The molecule has 140 valence electrons. The van der Waals surface area contributed by atoms with Crippen LogP contribution in [-0.2, 0) is 15.1 Å². The van der Waals surface area contributed by atoms with Crippen molar-refractivity contribution in [2.45, 2.75) is 12.0 Å². The van der Waals surface area contributed by atoms with Gasteiger partial charge in [-0.05, 0) is 6.07 Å². The molecule has 0 aromatic heterocycles. The third-order valence-corrected chi connectivity index (χ3v) is 5.33. The fourth-order valence-electron chi connectivity index (χ4n) is 3.83. The van der Waals surface area contributed by atoms with Gasteiger partial charge < -0.3 is 14.7 Å². The first-order valence-corrected chi connectivity index (χ1v) is 9.23. The second-order valence-corrected chi connectivity index (χ2v) is 7.10. The van der Waals surface area contributed by atoms with E-state index >= 15 is 0 Å². The van der Waals surface area contributed by atoms with Gasteiger partial charge in [0.05, 0.1) is 25.3 Å². The fraction of sp³-hybridized carbons (Fsp3) is 0.333. The Hall–Kier alpha value is -2.54. The number of ketones is 1. The van der Waals surface area contributed by atoms with Gasteiger partial charge in [0, 0.05) is 11.1 Å². The fourth-order valence-corrected chi connectivity index (χ4v) is 3.83. The predicted octanol–water partition coefficient (Wildman–Crippen LogP) is 0.366. The van der Waals surface area contributed by atoms with Crippen molar-refractivity contribution in [1.82, 2.24) is 0 Å². The molecule has 1 fully saturated rings. The van der Waals surface area contributed by atoms with Crippen molar-refractivity contribution in [2.24, 2.45) is 0 Å². The lowest BCUT2D eigenvalue weighted by atomic mass is 9.88. The number of fused-ring (bicyclic) bond motifs is 1. The molecule has 2 aliphatic rings. The van der Waals surface area contributed by atoms with Gasteiger partial charge in [-0.15, -0.1) is 0 Å². The standard InChI is InChI=1S/C21H22N2O4/c24-19(16-6-2-1-3-7-16)14-21(26)17-8-4-5-9-18(17)23(20(21)25)15-22-10-12-27-13-11-22/h1-9,26H,10-15H2/p+1/t21-/m0/s1. The predicted molar refractivity (Wildman–Crippen MR) is 99.6 cm³/mol. The van der Waals surface area contributed by atoms with E-state index in [2.05, 4.69) is 0 Å². The van der Waals surface area contributed by atoms with Crippen molar-refractivity contribution in [3.63, 3.8) is 0 Å². The zero-order valence-corrected chi connectivity index (χ0v) is 15.1. The maximum atomic E-state index is 13.2. The highest BCUT2D eigenvalue weighted by Gasteiger charge is 2.51. The summed E-state index contributed by atoms with van der Waals surface area (Å²) in [5, 5.41) is 11.3. The molecule has 1 amide bonds. The number of anilines is 1. The Morgan fingerprint density at radius 2 is 1.74 bits per heavy atom. The van der Waals surface area contributed by atoms with Gasteiger partial charge in [0.15, 0.2) is 18.1 Å². The van der Waals surface area contributed by atoms with E-state index in [1.807, 2.05) is 18.2 Å². The molecule has 27 heavy (non-hydrogen) atoms. The molecule has 0 saturated carbocycles. The lowest BCUT2D eigenvalue weighted by Crippen LogP contribution is -3.15. The monoisotopic (exact) mass is 367 g/mol. The summed E-state index contributed by atoms with van der Waals surface area (Å²) in [7, 11) is 0. The summed E-state index contributed by atoms with van der Waals surface area (Å²) in [6.07, 6.45) is -0.262. The molecule has 2 aromatic rings. The van der Waals surface area contributed by atoms with E-state index in [1.165, 1.54) is 4.90 Å². The number of aliphatic hydroxyl groups is 1. The van der Waals surface area contributed by atoms with Gasteiger partial charge in [-0.2, -0.15) is 0 Å². The van der Waals surface area contributed by atoms with Gasteiger partial charge in [-0.3, -0.25) is 14.5 Å². The smallest absolute Gasteiger partial charge is 0.268 e. The summed E-state index contributed by atoms with van der Waals surface area (Å²) in [6.45, 7) is 3.41. The minimum Gasteiger partial charge on any atom is -0.375 e. The van der Waals surface area contributed by atoms with Crippen LogP contribution in [0.25, 0.3) is 0 Å². The van der Waals surface area contributed by atoms with Gasteiger partial charge >= 0.3 is 0 Å². The zero-order chi connectivity index (χ0) is 18.9. The van der Waals surface area contributed by atoms with Crippen LogP contribution in [0.2, 0.25) is 0 Å². The molecular formula is C21H23N2O4+. The lowest BCUT2D eigenvalue weighted by molar-refractivity contribution is -0.906. The Balaban J connectivity index is 1.62. The van der Waals surface area contributed by atoms with Crippen molar-refractivity contribution in [1.29, 1.82) is 0 Å². The molecule has 0 unspecified atom stereocenters. The topological polar surface area (TPSA) is 71.3 Å². The van der Waals surface area contributed by atoms with Crippen LogP contribution in [-0.4, -0.2) is 49.8 Å². The van der Waals surface area contributed by atoms with Crippen LogP contribution in [0.15, 0.2) is 54.6 Å². The number of hydrogen-bond acceptors (Lipinski definition) is 4. The lowest BCUT2D eigenvalue weighted by Gasteiger charge is -2.29. The minimum atomic E-state index is -1.82. The molecule has 6 heteroatoms. The first-order valence-electron chi connectivity index (χ1n) is 9.23.